The summed E-state index contributed by atoms with van der Waals surface area (Å²) in [5, 5.41) is 2.56. The topological polar surface area (TPSA) is 0 Å². The molecular formula is C42H32F3P. The van der Waals surface area contributed by atoms with Crippen LogP contribution in [0.15, 0.2) is 127 Å². The molecule has 1 unspecified atom stereocenters. The molecule has 4 heteroatoms. The van der Waals surface area contributed by atoms with E-state index in [-0.39, 0.29) is 0 Å². The van der Waals surface area contributed by atoms with Gasteiger partial charge in [-0.25, -0.2) is 0 Å². The zero-order valence-electron chi connectivity index (χ0n) is 25.9. The minimum Gasteiger partial charge on any atom is -0.166 e. The first-order valence-corrected chi connectivity index (χ1v) is 17.5. The summed E-state index contributed by atoms with van der Waals surface area (Å²) in [5.41, 5.74) is 11.1. The lowest BCUT2D eigenvalue weighted by atomic mass is 9.70. The quantitative estimate of drug-likeness (QED) is 0.172. The zero-order valence-corrected chi connectivity index (χ0v) is 26.8. The average Bonchev–Trinajstić information content (AvgIpc) is 3.50. The van der Waals surface area contributed by atoms with E-state index in [1.54, 1.807) is 6.92 Å². The van der Waals surface area contributed by atoms with Crippen molar-refractivity contribution in [2.24, 2.45) is 0 Å². The molecule has 6 aromatic carbocycles. The molecule has 0 nitrogen and oxygen atoms in total. The van der Waals surface area contributed by atoms with Crippen molar-refractivity contribution < 1.29 is 13.2 Å². The largest absolute Gasteiger partial charge is 0.416 e. The van der Waals surface area contributed by atoms with Crippen LogP contribution in [-0.2, 0) is 11.6 Å². The van der Waals surface area contributed by atoms with E-state index in [1.807, 2.05) is 19.9 Å². The molecule has 0 aromatic heterocycles. The predicted molar refractivity (Wildman–Crippen MR) is 188 cm³/mol. The highest BCUT2D eigenvalue weighted by molar-refractivity contribution is 7.93. The Bertz CT molecular complexity index is 2190. The van der Waals surface area contributed by atoms with Gasteiger partial charge in [0.25, 0.3) is 0 Å². The van der Waals surface area contributed by atoms with Gasteiger partial charge in [-0.3, -0.25) is 0 Å². The van der Waals surface area contributed by atoms with E-state index in [0.717, 1.165) is 32.9 Å². The molecular weight excluding hydrogens is 592 g/mol. The van der Waals surface area contributed by atoms with Crippen LogP contribution < -0.4 is 15.9 Å². The number of hydrogen-bond donors (Lipinski definition) is 0. The fourth-order valence-electron chi connectivity index (χ4n) is 8.09. The van der Waals surface area contributed by atoms with Crippen LogP contribution in [0.5, 0.6) is 0 Å². The zero-order chi connectivity index (χ0) is 32.0. The lowest BCUT2D eigenvalue weighted by molar-refractivity contribution is -0.137. The molecule has 0 bridgehead atoms. The van der Waals surface area contributed by atoms with Crippen LogP contribution >= 0.6 is 6.89 Å². The van der Waals surface area contributed by atoms with Crippen molar-refractivity contribution in [1.82, 2.24) is 0 Å². The summed E-state index contributed by atoms with van der Waals surface area (Å²) >= 11 is 0. The molecule has 0 aliphatic heterocycles. The van der Waals surface area contributed by atoms with Crippen LogP contribution in [0.25, 0.3) is 22.3 Å². The van der Waals surface area contributed by atoms with Crippen LogP contribution in [0.3, 0.4) is 0 Å². The van der Waals surface area contributed by atoms with Gasteiger partial charge in [-0.05, 0) is 112 Å². The lowest BCUT2D eigenvalue weighted by Gasteiger charge is -2.33. The Morgan fingerprint density at radius 3 is 1.41 bits per heavy atom. The van der Waals surface area contributed by atoms with Crippen molar-refractivity contribution in [3.63, 3.8) is 0 Å². The second-order valence-corrected chi connectivity index (χ2v) is 16.0. The van der Waals surface area contributed by atoms with Crippen molar-refractivity contribution in [3.8, 4) is 22.3 Å². The van der Waals surface area contributed by atoms with Crippen molar-refractivity contribution in [2.75, 3.05) is 0 Å². The fourth-order valence-corrected chi connectivity index (χ4v) is 11.3. The van der Waals surface area contributed by atoms with Gasteiger partial charge in [0.15, 0.2) is 0 Å². The van der Waals surface area contributed by atoms with Crippen LogP contribution in [-0.4, -0.2) is 6.30 Å². The van der Waals surface area contributed by atoms with Gasteiger partial charge in [0, 0.05) is 0 Å². The number of benzene rings is 6. The number of halogens is 3. The third-order valence-electron chi connectivity index (χ3n) is 9.90. The summed E-state index contributed by atoms with van der Waals surface area (Å²) in [4.78, 5) is 0. The van der Waals surface area contributed by atoms with Gasteiger partial charge in [0.05, 0.1) is 11.0 Å². The highest BCUT2D eigenvalue weighted by Gasteiger charge is 2.51. The Morgan fingerprint density at radius 2 is 0.913 bits per heavy atom. The number of rotatable bonds is 3. The summed E-state index contributed by atoms with van der Waals surface area (Å²) in [7, 11) is 0. The van der Waals surface area contributed by atoms with Gasteiger partial charge in [0.1, 0.15) is 0 Å². The molecule has 1 spiro atoms. The molecule has 0 fully saturated rings. The third kappa shape index (κ3) is 3.94. The van der Waals surface area contributed by atoms with Gasteiger partial charge in [0.2, 0.25) is 0 Å². The monoisotopic (exact) mass is 624 g/mol. The van der Waals surface area contributed by atoms with Crippen LogP contribution in [0.1, 0.15) is 44.5 Å². The molecule has 0 N–H and O–H groups in total. The van der Waals surface area contributed by atoms with E-state index >= 15 is 0 Å². The molecule has 2 aliphatic rings. The number of alkyl halides is 3. The molecule has 0 heterocycles. The minimum atomic E-state index is -4.46. The minimum absolute atomic E-state index is 0.549. The molecule has 2 aliphatic carbocycles. The Kier molecular flexibility index (Phi) is 6.24. The first kappa shape index (κ1) is 28.9. The van der Waals surface area contributed by atoms with Crippen molar-refractivity contribution >= 4 is 29.1 Å². The second-order valence-electron chi connectivity index (χ2n) is 12.8. The summed E-state index contributed by atoms with van der Waals surface area (Å²) in [5.74, 6) is 0. The van der Waals surface area contributed by atoms with Crippen molar-refractivity contribution in [1.29, 1.82) is 0 Å². The second kappa shape index (κ2) is 9.95. The molecule has 0 saturated heterocycles. The van der Waals surface area contributed by atoms with E-state index < -0.39 is 24.0 Å². The number of aryl methyl sites for hydroxylation is 3. The molecule has 0 saturated carbocycles. The smallest absolute Gasteiger partial charge is 0.166 e. The lowest BCUT2D eigenvalue weighted by Crippen LogP contribution is -2.30. The van der Waals surface area contributed by atoms with Crippen molar-refractivity contribution in [2.45, 2.75) is 32.4 Å². The van der Waals surface area contributed by atoms with E-state index in [1.165, 1.54) is 45.5 Å². The summed E-state index contributed by atoms with van der Waals surface area (Å²) in [6.07, 6.45) is 0.486. The van der Waals surface area contributed by atoms with E-state index in [2.05, 4.69) is 109 Å². The first-order chi connectivity index (χ1) is 22.0. The molecule has 0 amide bonds. The van der Waals surface area contributed by atoms with Gasteiger partial charge in [-0.2, -0.15) is 13.2 Å². The van der Waals surface area contributed by atoms with Gasteiger partial charge in [-0.1, -0.05) is 127 Å². The Morgan fingerprint density at radius 1 is 0.478 bits per heavy atom. The summed E-state index contributed by atoms with van der Waals surface area (Å²) in [6, 6.07) is 43.3. The highest BCUT2D eigenvalue weighted by Crippen LogP contribution is 2.63. The predicted octanol–water partition coefficient (Wildman–Crippen LogP) is 9.70. The normalized spacial score (nSPS) is 15.2. The van der Waals surface area contributed by atoms with E-state index in [9.17, 15) is 13.2 Å². The molecule has 1 atom stereocenters. The fraction of sp³-hybridized carbons (Fsp3) is 0.119. The summed E-state index contributed by atoms with van der Waals surface area (Å²) < 4.78 is 42.8. The van der Waals surface area contributed by atoms with Crippen LogP contribution in [0.4, 0.5) is 13.2 Å². The SMILES string of the molecule is C=P(c1cc(C)cc(C)c1)(c1cc(C)cc(C(F)(F)F)c1)c1ccc2c(c1)C1(c3ccccc3-c3ccccc31)c1ccccc1-2. The number of hydrogen-bond acceptors (Lipinski definition) is 0. The third-order valence-corrected chi connectivity index (χ3v) is 13.3. The first-order valence-electron chi connectivity index (χ1n) is 15.5. The maximum Gasteiger partial charge on any atom is 0.416 e. The van der Waals surface area contributed by atoms with Crippen LogP contribution in [0, 0.1) is 20.8 Å². The Balaban J connectivity index is 1.48. The standard InChI is InChI=1S/C42H32F3P/c1-26-19-27(2)22-31(21-26)46(4,32-23-28(3)20-29(24-32)42(43,44)45)30-17-18-36-35-13-7-10-16-39(35)41(40(36)25-30)37-14-8-5-11-33(37)34-12-6-9-15-38(34)41/h5-25H,4H2,1-3H3. The number of fused-ring (bicyclic) bond motifs is 10. The van der Waals surface area contributed by atoms with Crippen molar-refractivity contribution in [3.05, 3.63) is 172 Å². The Labute approximate surface area is 268 Å². The molecule has 226 valence electrons. The summed E-state index contributed by atoms with van der Waals surface area (Å²) in [6.45, 7) is 3.02. The van der Waals surface area contributed by atoms with Gasteiger partial charge in [-0.15, -0.1) is 0 Å². The maximum atomic E-state index is 14.3. The molecule has 46 heavy (non-hydrogen) atoms. The molecule has 0 radical (unpaired) electrons. The molecule has 6 aromatic rings. The van der Waals surface area contributed by atoms with Gasteiger partial charge >= 0.3 is 6.18 Å². The molecule has 8 rings (SSSR count). The van der Waals surface area contributed by atoms with E-state index in [0.29, 0.717) is 10.9 Å². The van der Waals surface area contributed by atoms with Crippen LogP contribution in [0.2, 0.25) is 0 Å². The maximum absolute atomic E-state index is 14.3. The average molecular weight is 625 g/mol. The Hall–Kier alpha value is -4.59. The van der Waals surface area contributed by atoms with E-state index in [4.69, 9.17) is 6.30 Å². The highest BCUT2D eigenvalue weighted by atomic mass is 31.2. The van der Waals surface area contributed by atoms with Gasteiger partial charge < -0.3 is 0 Å².